The maximum Gasteiger partial charge on any atom is 0.269 e. The highest BCUT2D eigenvalue weighted by atomic mass is 16.5. The first-order valence-corrected chi connectivity index (χ1v) is 7.73. The zero-order chi connectivity index (χ0) is 16.5. The molecule has 0 aliphatic heterocycles. The summed E-state index contributed by atoms with van der Waals surface area (Å²) < 4.78 is 7.53. The van der Waals surface area contributed by atoms with E-state index in [1.54, 1.807) is 29.9 Å². The standard InChI is InChI=1S/C18H21N3O2/c1-3-5-12-23-18-13-15(20-17(22)9-4-2)14-19-21(18)16-10-7-6-8-11-16/h4,6-11,13-14H,3,5,12H2,1-2H3/b9-4+,20-15?. The van der Waals surface area contributed by atoms with Crippen molar-refractivity contribution in [1.82, 2.24) is 9.78 Å². The van der Waals surface area contributed by atoms with Gasteiger partial charge in [-0.1, -0.05) is 37.6 Å². The number of allylic oxidation sites excluding steroid dienone is 1. The lowest BCUT2D eigenvalue weighted by Crippen LogP contribution is -2.15. The number of aromatic nitrogens is 2. The summed E-state index contributed by atoms with van der Waals surface area (Å²) in [5, 5.41) is 4.84. The molecule has 2 aromatic rings. The number of unbranched alkanes of at least 4 members (excludes halogenated alkanes) is 1. The second-order valence-corrected chi connectivity index (χ2v) is 4.95. The van der Waals surface area contributed by atoms with Gasteiger partial charge >= 0.3 is 0 Å². The van der Waals surface area contributed by atoms with Crippen LogP contribution in [0.25, 0.3) is 5.69 Å². The molecule has 1 amide bonds. The molecule has 23 heavy (non-hydrogen) atoms. The number of para-hydroxylation sites is 1. The predicted molar refractivity (Wildman–Crippen MR) is 89.4 cm³/mol. The number of hydrogen-bond donors (Lipinski definition) is 0. The molecule has 0 fully saturated rings. The van der Waals surface area contributed by atoms with Gasteiger partial charge in [-0.2, -0.15) is 5.10 Å². The van der Waals surface area contributed by atoms with Gasteiger partial charge in [0.25, 0.3) is 5.91 Å². The highest BCUT2D eigenvalue weighted by molar-refractivity contribution is 5.88. The summed E-state index contributed by atoms with van der Waals surface area (Å²) >= 11 is 0. The van der Waals surface area contributed by atoms with Gasteiger partial charge < -0.3 is 4.74 Å². The molecule has 1 aromatic carbocycles. The quantitative estimate of drug-likeness (QED) is 0.608. The summed E-state index contributed by atoms with van der Waals surface area (Å²) in [5.41, 5.74) is 0.894. The lowest BCUT2D eigenvalue weighted by atomic mass is 10.3. The second-order valence-electron chi connectivity index (χ2n) is 4.95. The molecular weight excluding hydrogens is 290 g/mol. The minimum Gasteiger partial charge on any atom is -0.478 e. The van der Waals surface area contributed by atoms with Crippen molar-refractivity contribution in [3.63, 3.8) is 0 Å². The Kier molecular flexibility index (Phi) is 6.29. The fraction of sp³-hybridized carbons (Fsp3) is 0.278. The van der Waals surface area contributed by atoms with E-state index in [0.717, 1.165) is 18.5 Å². The average Bonchev–Trinajstić information content (AvgIpc) is 2.56. The lowest BCUT2D eigenvalue weighted by Gasteiger charge is -2.12. The number of carbonyl (C=O) groups is 1. The lowest BCUT2D eigenvalue weighted by molar-refractivity contribution is -0.113. The van der Waals surface area contributed by atoms with Crippen LogP contribution < -0.4 is 10.1 Å². The van der Waals surface area contributed by atoms with Crippen LogP contribution >= 0.6 is 0 Å². The summed E-state index contributed by atoms with van der Waals surface area (Å²) in [4.78, 5) is 15.6. The molecule has 0 radical (unpaired) electrons. The highest BCUT2D eigenvalue weighted by Crippen LogP contribution is 2.14. The Labute approximate surface area is 136 Å². The zero-order valence-corrected chi connectivity index (χ0v) is 13.5. The van der Waals surface area contributed by atoms with Crippen LogP contribution in [0.15, 0.2) is 59.7 Å². The van der Waals surface area contributed by atoms with Crippen molar-refractivity contribution in [2.45, 2.75) is 26.7 Å². The van der Waals surface area contributed by atoms with E-state index in [2.05, 4.69) is 17.0 Å². The van der Waals surface area contributed by atoms with Crippen LogP contribution in [0.5, 0.6) is 5.88 Å². The van der Waals surface area contributed by atoms with E-state index in [-0.39, 0.29) is 5.91 Å². The summed E-state index contributed by atoms with van der Waals surface area (Å²) in [5.74, 6) is 0.255. The summed E-state index contributed by atoms with van der Waals surface area (Å²) in [7, 11) is 0. The van der Waals surface area contributed by atoms with E-state index >= 15 is 0 Å². The number of benzene rings is 1. The normalized spacial score (nSPS) is 11.8. The van der Waals surface area contributed by atoms with Crippen molar-refractivity contribution in [3.8, 4) is 11.6 Å². The van der Waals surface area contributed by atoms with Gasteiger partial charge in [-0.25, -0.2) is 9.67 Å². The first-order chi connectivity index (χ1) is 11.2. The van der Waals surface area contributed by atoms with Gasteiger partial charge in [0.15, 0.2) is 0 Å². The molecular formula is C18H21N3O2. The van der Waals surface area contributed by atoms with E-state index in [1.165, 1.54) is 6.08 Å². The number of nitrogens with zero attached hydrogens (tertiary/aromatic N) is 3. The third kappa shape index (κ3) is 4.92. The minimum absolute atomic E-state index is 0.314. The van der Waals surface area contributed by atoms with Crippen LogP contribution in [-0.2, 0) is 4.79 Å². The SMILES string of the molecule is C/C=C/C(=O)N=c1cnn(-c2ccccc2)c(OCCCC)c1. The van der Waals surface area contributed by atoms with Crippen molar-refractivity contribution in [1.29, 1.82) is 0 Å². The molecule has 2 rings (SSSR count). The fourth-order valence-electron chi connectivity index (χ4n) is 1.95. The van der Waals surface area contributed by atoms with Gasteiger partial charge in [-0.05, 0) is 25.5 Å². The highest BCUT2D eigenvalue weighted by Gasteiger charge is 2.05. The zero-order valence-electron chi connectivity index (χ0n) is 13.5. The van der Waals surface area contributed by atoms with Gasteiger partial charge in [-0.3, -0.25) is 4.79 Å². The number of ether oxygens (including phenoxy) is 1. The van der Waals surface area contributed by atoms with Gasteiger partial charge in [0.05, 0.1) is 23.8 Å². The van der Waals surface area contributed by atoms with Gasteiger partial charge in [0.1, 0.15) is 0 Å². The molecule has 0 atom stereocenters. The average molecular weight is 311 g/mol. The van der Waals surface area contributed by atoms with Crippen molar-refractivity contribution < 1.29 is 9.53 Å². The topological polar surface area (TPSA) is 56.5 Å². The van der Waals surface area contributed by atoms with Gasteiger partial charge in [0.2, 0.25) is 5.88 Å². The monoisotopic (exact) mass is 311 g/mol. The van der Waals surface area contributed by atoms with Crippen LogP contribution in [0.1, 0.15) is 26.7 Å². The van der Waals surface area contributed by atoms with Crippen molar-refractivity contribution in [2.24, 2.45) is 4.99 Å². The molecule has 5 heteroatoms. The fourth-order valence-corrected chi connectivity index (χ4v) is 1.95. The number of rotatable bonds is 6. The summed E-state index contributed by atoms with van der Waals surface area (Å²) in [6.07, 6.45) is 6.62. The second kappa shape index (κ2) is 8.68. The number of amides is 1. The van der Waals surface area contributed by atoms with E-state index in [9.17, 15) is 4.79 Å². The third-order valence-corrected chi connectivity index (χ3v) is 3.08. The van der Waals surface area contributed by atoms with Crippen LogP contribution in [-0.4, -0.2) is 22.3 Å². The predicted octanol–water partition coefficient (Wildman–Crippen LogP) is 3.05. The molecule has 0 spiro atoms. The Morgan fingerprint density at radius 3 is 2.83 bits per heavy atom. The molecule has 1 aromatic heterocycles. The number of hydrogen-bond acceptors (Lipinski definition) is 3. The summed E-state index contributed by atoms with van der Waals surface area (Å²) in [6, 6.07) is 11.4. The number of carbonyl (C=O) groups excluding carboxylic acids is 1. The Morgan fingerprint density at radius 2 is 2.13 bits per heavy atom. The van der Waals surface area contributed by atoms with Gasteiger partial charge in [0, 0.05) is 12.1 Å². The van der Waals surface area contributed by atoms with E-state index in [0.29, 0.717) is 17.8 Å². The molecule has 0 unspecified atom stereocenters. The van der Waals surface area contributed by atoms with Crippen molar-refractivity contribution in [3.05, 3.63) is 60.1 Å². The molecule has 120 valence electrons. The van der Waals surface area contributed by atoms with Crippen LogP contribution in [0.2, 0.25) is 0 Å². The van der Waals surface area contributed by atoms with Gasteiger partial charge in [-0.15, -0.1) is 0 Å². The molecule has 1 heterocycles. The Balaban J connectivity index is 2.40. The van der Waals surface area contributed by atoms with Crippen molar-refractivity contribution >= 4 is 5.91 Å². The third-order valence-electron chi connectivity index (χ3n) is 3.08. The van der Waals surface area contributed by atoms with Crippen LogP contribution in [0.4, 0.5) is 0 Å². The molecule has 0 saturated carbocycles. The Bertz CT molecular complexity index is 733. The summed E-state index contributed by atoms with van der Waals surface area (Å²) in [6.45, 7) is 4.48. The molecule has 0 bridgehead atoms. The van der Waals surface area contributed by atoms with Crippen LogP contribution in [0, 0.1) is 0 Å². The van der Waals surface area contributed by atoms with E-state index in [1.807, 2.05) is 30.3 Å². The van der Waals surface area contributed by atoms with E-state index < -0.39 is 0 Å². The first kappa shape index (κ1) is 16.7. The maximum atomic E-state index is 11.6. The Hall–Kier alpha value is -2.69. The van der Waals surface area contributed by atoms with Crippen molar-refractivity contribution in [2.75, 3.05) is 6.61 Å². The smallest absolute Gasteiger partial charge is 0.269 e. The molecule has 0 aliphatic carbocycles. The Morgan fingerprint density at radius 1 is 1.35 bits per heavy atom. The molecule has 5 nitrogen and oxygen atoms in total. The van der Waals surface area contributed by atoms with E-state index in [4.69, 9.17) is 4.74 Å². The molecule has 0 saturated heterocycles. The minimum atomic E-state index is -0.314. The first-order valence-electron chi connectivity index (χ1n) is 7.73. The largest absolute Gasteiger partial charge is 0.478 e. The maximum absolute atomic E-state index is 11.6. The van der Waals surface area contributed by atoms with Crippen LogP contribution in [0.3, 0.4) is 0 Å². The molecule has 0 aliphatic rings. The molecule has 0 N–H and O–H groups in total.